The molecule has 1 atom stereocenters. The smallest absolute Gasteiger partial charge is 0.341 e. The number of nitrogens with two attached hydrogens (primary N) is 1. The second-order valence-corrected chi connectivity index (χ2v) is 6.95. The summed E-state index contributed by atoms with van der Waals surface area (Å²) < 4.78 is 59.1. The average molecular weight is 428 g/mol. The van der Waals surface area contributed by atoms with Gasteiger partial charge in [-0.15, -0.1) is 0 Å². The molecule has 0 aromatic heterocycles. The number of hydrogen-bond acceptors (Lipinski definition) is 5. The Kier molecular flexibility index (Phi) is 7.44. The molecule has 1 saturated carbocycles. The van der Waals surface area contributed by atoms with E-state index < -0.39 is 41.7 Å². The van der Waals surface area contributed by atoms with Crippen molar-refractivity contribution < 1.29 is 27.1 Å². The van der Waals surface area contributed by atoms with Crippen LogP contribution in [0.2, 0.25) is 0 Å². The van der Waals surface area contributed by atoms with Crippen molar-refractivity contribution in [3.8, 4) is 6.07 Å². The maximum Gasteiger partial charge on any atom is 0.413 e. The third-order valence-corrected chi connectivity index (χ3v) is 4.78. The summed E-state index contributed by atoms with van der Waals surface area (Å²) in [5.74, 6) is -1.22. The van der Waals surface area contributed by atoms with Crippen LogP contribution in [0.5, 0.6) is 0 Å². The number of ether oxygens (including phenoxy) is 1. The van der Waals surface area contributed by atoms with Gasteiger partial charge in [-0.2, -0.15) is 18.4 Å². The first-order valence-electron chi connectivity index (χ1n) is 9.38. The van der Waals surface area contributed by atoms with Gasteiger partial charge in [-0.25, -0.2) is 4.39 Å². The van der Waals surface area contributed by atoms with Crippen LogP contribution in [0.4, 0.5) is 17.6 Å². The summed E-state index contributed by atoms with van der Waals surface area (Å²) in [6.45, 7) is 2.90. The van der Waals surface area contributed by atoms with E-state index in [2.05, 4.69) is 5.32 Å². The summed E-state index contributed by atoms with van der Waals surface area (Å²) in [6, 6.07) is 1.52. The molecule has 1 aliphatic heterocycles. The van der Waals surface area contributed by atoms with E-state index in [-0.39, 0.29) is 24.5 Å². The Morgan fingerprint density at radius 2 is 2.10 bits per heavy atom. The molecule has 1 aliphatic carbocycles. The lowest BCUT2D eigenvalue weighted by molar-refractivity contribution is -0.132. The van der Waals surface area contributed by atoms with Crippen molar-refractivity contribution in [1.29, 1.82) is 5.26 Å². The van der Waals surface area contributed by atoms with Gasteiger partial charge in [0.1, 0.15) is 11.6 Å². The van der Waals surface area contributed by atoms with E-state index in [1.165, 1.54) is 31.2 Å². The highest BCUT2D eigenvalue weighted by Crippen LogP contribution is 2.50. The third kappa shape index (κ3) is 5.49. The molecule has 0 aromatic rings. The number of amides is 1. The molecule has 2 rings (SSSR count). The van der Waals surface area contributed by atoms with Gasteiger partial charge in [-0.1, -0.05) is 12.2 Å². The lowest BCUT2D eigenvalue weighted by Crippen LogP contribution is -2.36. The van der Waals surface area contributed by atoms with Crippen molar-refractivity contribution in [3.05, 3.63) is 47.1 Å². The van der Waals surface area contributed by atoms with Gasteiger partial charge in [0, 0.05) is 17.8 Å². The molecule has 1 spiro atoms. The van der Waals surface area contributed by atoms with Gasteiger partial charge in [0.15, 0.2) is 6.10 Å². The van der Waals surface area contributed by atoms with Gasteiger partial charge in [0.25, 0.3) is 5.91 Å². The molecular weight excluding hydrogens is 404 g/mol. The Morgan fingerprint density at radius 1 is 1.43 bits per heavy atom. The third-order valence-electron chi connectivity index (χ3n) is 4.78. The number of nitrogens with zero attached hydrogens (tertiary/aromatic N) is 2. The van der Waals surface area contributed by atoms with E-state index in [1.807, 2.05) is 0 Å². The summed E-state index contributed by atoms with van der Waals surface area (Å²) in [6.07, 6.45) is -0.151. The zero-order valence-corrected chi connectivity index (χ0v) is 16.7. The van der Waals surface area contributed by atoms with Crippen LogP contribution in [0.15, 0.2) is 47.1 Å². The van der Waals surface area contributed by atoms with Crippen LogP contribution >= 0.6 is 0 Å². The zero-order chi connectivity index (χ0) is 22.5. The Bertz CT molecular complexity index is 829. The summed E-state index contributed by atoms with van der Waals surface area (Å²) in [5, 5.41) is 11.2. The molecule has 2 fully saturated rings. The van der Waals surface area contributed by atoms with Gasteiger partial charge in [-0.3, -0.25) is 4.79 Å². The molecule has 164 valence electrons. The highest BCUT2D eigenvalue weighted by Gasteiger charge is 2.58. The molecular formula is C20H24F4N4O2. The van der Waals surface area contributed by atoms with E-state index in [0.29, 0.717) is 12.8 Å². The minimum atomic E-state index is -4.65. The first-order chi connectivity index (χ1) is 14.1. The van der Waals surface area contributed by atoms with E-state index in [9.17, 15) is 22.4 Å². The molecule has 0 unspecified atom stereocenters. The molecule has 10 heteroatoms. The summed E-state index contributed by atoms with van der Waals surface area (Å²) in [7, 11) is 0. The number of hydrogen-bond donors (Lipinski definition) is 2. The van der Waals surface area contributed by atoms with E-state index in [0.717, 1.165) is 6.08 Å². The fourth-order valence-electron chi connectivity index (χ4n) is 3.13. The van der Waals surface area contributed by atoms with Crippen molar-refractivity contribution in [2.45, 2.75) is 51.1 Å². The molecule has 1 amide bonds. The summed E-state index contributed by atoms with van der Waals surface area (Å²) in [4.78, 5) is 14.2. The lowest BCUT2D eigenvalue weighted by Gasteiger charge is -2.26. The highest BCUT2D eigenvalue weighted by atomic mass is 19.4. The normalized spacial score (nSPS) is 22.3. The molecule has 0 aromatic carbocycles. The number of carbonyl (C=O) groups is 1. The predicted molar refractivity (Wildman–Crippen MR) is 102 cm³/mol. The number of rotatable bonds is 7. The molecule has 2 aliphatic rings. The summed E-state index contributed by atoms with van der Waals surface area (Å²) >= 11 is 0. The number of nitrogens with one attached hydrogen (secondary N) is 1. The number of halogens is 4. The molecule has 0 radical (unpaired) electrons. The molecule has 0 bridgehead atoms. The fraction of sp³-hybridized carbons (Fsp3) is 0.500. The Balaban J connectivity index is 2.22. The predicted octanol–water partition coefficient (Wildman–Crippen LogP) is 3.32. The first-order valence-corrected chi connectivity index (χ1v) is 9.38. The molecule has 3 N–H and O–H groups in total. The topological polar surface area (TPSA) is 91.4 Å². The average Bonchev–Trinajstić information content (AvgIpc) is 3.34. The van der Waals surface area contributed by atoms with Crippen molar-refractivity contribution in [2.75, 3.05) is 13.1 Å². The number of nitriles is 1. The molecule has 1 saturated heterocycles. The minimum Gasteiger partial charge on any atom is -0.341 e. The van der Waals surface area contributed by atoms with Gasteiger partial charge in [-0.05, 0) is 38.8 Å². The monoisotopic (exact) mass is 428 g/mol. The van der Waals surface area contributed by atoms with E-state index in [1.54, 1.807) is 11.8 Å². The Hall–Kier alpha value is -2.64. The van der Waals surface area contributed by atoms with Crippen molar-refractivity contribution in [2.24, 2.45) is 5.73 Å². The van der Waals surface area contributed by atoms with Crippen LogP contribution in [0, 0.1) is 11.3 Å². The minimum absolute atomic E-state index is 0.00108. The zero-order valence-electron chi connectivity index (χ0n) is 16.7. The highest BCUT2D eigenvalue weighted by molar-refractivity contribution is 5.83. The number of alkyl halides is 3. The van der Waals surface area contributed by atoms with Crippen LogP contribution in [-0.4, -0.2) is 41.9 Å². The Labute approximate surface area is 172 Å². The van der Waals surface area contributed by atoms with Crippen LogP contribution in [-0.2, 0) is 9.53 Å². The van der Waals surface area contributed by atoms with Gasteiger partial charge < -0.3 is 20.7 Å². The fourth-order valence-corrected chi connectivity index (χ4v) is 3.13. The maximum absolute atomic E-state index is 13.7. The van der Waals surface area contributed by atoms with Crippen LogP contribution in [0.25, 0.3) is 0 Å². The molecule has 6 nitrogen and oxygen atoms in total. The maximum atomic E-state index is 13.7. The number of allylic oxidation sites excluding steroid dienone is 5. The largest absolute Gasteiger partial charge is 0.413 e. The lowest BCUT2D eigenvalue weighted by atomic mass is 10.1. The van der Waals surface area contributed by atoms with Crippen LogP contribution in [0.3, 0.4) is 0 Å². The van der Waals surface area contributed by atoms with E-state index >= 15 is 0 Å². The molecule has 30 heavy (non-hydrogen) atoms. The SMILES string of the molecule is C/C=C(\C=C(/CC#N)C(F)(F)F)N1C[C@@H](C(=O)NC(/C=C\CN)=C(/C)F)OC12CC2. The second kappa shape index (κ2) is 9.45. The van der Waals surface area contributed by atoms with Crippen molar-refractivity contribution in [3.63, 3.8) is 0 Å². The number of carbonyl (C=O) groups excluding carboxylic acids is 1. The van der Waals surface area contributed by atoms with Gasteiger partial charge in [0.05, 0.1) is 24.7 Å². The Morgan fingerprint density at radius 3 is 2.57 bits per heavy atom. The van der Waals surface area contributed by atoms with Crippen LogP contribution in [0.1, 0.15) is 33.1 Å². The van der Waals surface area contributed by atoms with Crippen molar-refractivity contribution in [1.82, 2.24) is 10.2 Å². The van der Waals surface area contributed by atoms with Crippen LogP contribution < -0.4 is 11.1 Å². The molecule has 1 heterocycles. The summed E-state index contributed by atoms with van der Waals surface area (Å²) in [5.41, 5.74) is 3.65. The quantitative estimate of drug-likeness (QED) is 0.480. The van der Waals surface area contributed by atoms with Gasteiger partial charge >= 0.3 is 6.18 Å². The first kappa shape index (κ1) is 23.6. The second-order valence-electron chi connectivity index (χ2n) is 6.95. The standard InChI is InChI=1S/C20H24F4N4O2/c1-3-15(11-14(6-10-26)20(22,23)24)28-12-17(30-19(28)7-8-19)18(29)27-16(13(2)21)5-4-9-25/h3-5,11,17H,6-9,12,25H2,1-2H3,(H,27,29)/b5-4-,14-11+,15-3+,16-13-/t17-/m0/s1. The van der Waals surface area contributed by atoms with Gasteiger partial charge in [0.2, 0.25) is 0 Å². The van der Waals surface area contributed by atoms with E-state index in [4.69, 9.17) is 15.7 Å². The van der Waals surface area contributed by atoms with Crippen molar-refractivity contribution >= 4 is 5.91 Å².